The molecule has 0 aromatic carbocycles. The molecule has 0 rings (SSSR count). The fourth-order valence-electron chi connectivity index (χ4n) is 0.694. The summed E-state index contributed by atoms with van der Waals surface area (Å²) in [4.78, 5) is 12.0. The molecule has 0 radical (unpaired) electrons. The maximum absolute atomic E-state index is 10.1. The zero-order chi connectivity index (χ0) is 9.56. The number of carbonyl (C=O) groups is 1. The summed E-state index contributed by atoms with van der Waals surface area (Å²) in [6, 6.07) is 0. The van der Waals surface area contributed by atoms with Gasteiger partial charge in [-0.05, 0) is 13.8 Å². The van der Waals surface area contributed by atoms with Crippen molar-refractivity contribution in [2.24, 2.45) is 0 Å². The predicted octanol–water partition coefficient (Wildman–Crippen LogP) is 0.0962. The highest BCUT2D eigenvalue weighted by molar-refractivity contribution is 8.23. The summed E-state index contributed by atoms with van der Waals surface area (Å²) < 4.78 is 0.629. The quantitative estimate of drug-likeness (QED) is 0.610. The van der Waals surface area contributed by atoms with E-state index in [0.717, 1.165) is 24.9 Å². The molecule has 0 unspecified atom stereocenters. The van der Waals surface area contributed by atoms with Crippen LogP contribution in [0, 0.1) is 0 Å². The van der Waals surface area contributed by atoms with Crippen LogP contribution in [-0.2, 0) is 4.79 Å². The molecule has 0 fully saturated rings. The zero-order valence-corrected chi connectivity index (χ0v) is 8.83. The molecule has 0 aliphatic carbocycles. The van der Waals surface area contributed by atoms with Gasteiger partial charge in [-0.2, -0.15) is 0 Å². The molecule has 0 amide bonds. The number of nitrogens with zero attached hydrogens (tertiary/aromatic N) is 1. The van der Waals surface area contributed by atoms with Gasteiger partial charge < -0.3 is 14.8 Å². The lowest BCUT2D eigenvalue weighted by atomic mass is 10.6. The summed E-state index contributed by atoms with van der Waals surface area (Å²) in [5.74, 6) is -1.13. The Bertz CT molecular complexity index is 169. The number of carboxylic acids is 1. The third-order valence-electron chi connectivity index (χ3n) is 1.34. The van der Waals surface area contributed by atoms with Gasteiger partial charge in [0.05, 0.1) is 5.97 Å². The molecule has 0 spiro atoms. The first kappa shape index (κ1) is 11.7. The average molecular weight is 206 g/mol. The number of hydrogen-bond donors (Lipinski definition) is 0. The van der Waals surface area contributed by atoms with E-state index in [-0.39, 0.29) is 5.75 Å². The van der Waals surface area contributed by atoms with Crippen molar-refractivity contribution in [3.05, 3.63) is 0 Å². The van der Waals surface area contributed by atoms with Crippen LogP contribution in [-0.4, -0.2) is 34.0 Å². The summed E-state index contributed by atoms with van der Waals surface area (Å²) in [5, 5.41) is 10.1. The Morgan fingerprint density at radius 1 is 1.50 bits per heavy atom. The summed E-state index contributed by atoms with van der Waals surface area (Å²) in [6.07, 6.45) is 0. The summed E-state index contributed by atoms with van der Waals surface area (Å²) in [5.41, 5.74) is 0. The van der Waals surface area contributed by atoms with Gasteiger partial charge in [-0.25, -0.2) is 0 Å². The van der Waals surface area contributed by atoms with Crippen LogP contribution >= 0.6 is 24.0 Å². The van der Waals surface area contributed by atoms with Gasteiger partial charge in [0.2, 0.25) is 0 Å². The number of thiocarbonyl (C=S) groups is 1. The smallest absolute Gasteiger partial charge is 0.136 e. The third-order valence-corrected chi connectivity index (χ3v) is 2.83. The van der Waals surface area contributed by atoms with Crippen LogP contribution in [0.15, 0.2) is 0 Å². The normalized spacial score (nSPS) is 9.50. The molecule has 0 bridgehead atoms. The van der Waals surface area contributed by atoms with Gasteiger partial charge in [0, 0.05) is 18.8 Å². The molecule has 0 aliphatic rings. The Balaban J connectivity index is 3.77. The number of carbonyl (C=O) groups excluding carboxylic acids is 1. The summed E-state index contributed by atoms with van der Waals surface area (Å²) in [6.45, 7) is 5.59. The van der Waals surface area contributed by atoms with Crippen LogP contribution in [0.3, 0.4) is 0 Å². The van der Waals surface area contributed by atoms with Gasteiger partial charge in [0.1, 0.15) is 4.32 Å². The minimum atomic E-state index is -1.07. The molecule has 0 aliphatic heterocycles. The number of aliphatic carboxylic acids is 1. The lowest BCUT2D eigenvalue weighted by Crippen LogP contribution is -2.30. The molecular weight excluding hydrogens is 194 g/mol. The fraction of sp³-hybridized carbons (Fsp3) is 0.714. The molecule has 0 heterocycles. The molecule has 0 aromatic rings. The fourth-order valence-corrected chi connectivity index (χ4v) is 1.81. The first-order chi connectivity index (χ1) is 5.61. The van der Waals surface area contributed by atoms with Crippen molar-refractivity contribution in [3.8, 4) is 0 Å². The van der Waals surface area contributed by atoms with Crippen LogP contribution in [0.4, 0.5) is 0 Å². The Labute approximate surface area is 82.1 Å². The van der Waals surface area contributed by atoms with E-state index in [1.807, 2.05) is 18.7 Å². The first-order valence-corrected chi connectivity index (χ1v) is 5.12. The maximum atomic E-state index is 10.1. The van der Waals surface area contributed by atoms with Crippen molar-refractivity contribution < 1.29 is 9.90 Å². The van der Waals surface area contributed by atoms with E-state index in [2.05, 4.69) is 0 Å². The summed E-state index contributed by atoms with van der Waals surface area (Å²) in [7, 11) is 0. The van der Waals surface area contributed by atoms with Gasteiger partial charge in [-0.3, -0.25) is 0 Å². The molecular formula is C7H12NO2S2-. The van der Waals surface area contributed by atoms with E-state index >= 15 is 0 Å². The van der Waals surface area contributed by atoms with Crippen molar-refractivity contribution >= 4 is 34.3 Å². The Morgan fingerprint density at radius 3 is 2.33 bits per heavy atom. The maximum Gasteiger partial charge on any atom is 0.136 e. The van der Waals surface area contributed by atoms with E-state index in [4.69, 9.17) is 12.2 Å². The highest BCUT2D eigenvalue weighted by atomic mass is 32.2. The van der Waals surface area contributed by atoms with Crippen molar-refractivity contribution in [1.29, 1.82) is 0 Å². The lowest BCUT2D eigenvalue weighted by molar-refractivity contribution is -0.301. The third kappa shape index (κ3) is 4.56. The van der Waals surface area contributed by atoms with E-state index < -0.39 is 5.97 Å². The summed E-state index contributed by atoms with van der Waals surface area (Å²) >= 11 is 6.13. The van der Waals surface area contributed by atoms with Crippen LogP contribution in [0.25, 0.3) is 0 Å². The molecule has 0 aromatic heterocycles. The molecule has 0 saturated carbocycles. The first-order valence-electron chi connectivity index (χ1n) is 3.73. The average Bonchev–Trinajstić information content (AvgIpc) is 2.03. The lowest BCUT2D eigenvalue weighted by Gasteiger charge is -2.20. The second kappa shape index (κ2) is 6.25. The molecule has 3 nitrogen and oxygen atoms in total. The SMILES string of the molecule is CCN(CC)C(=S)SCC(=O)[O-]. The highest BCUT2D eigenvalue weighted by Crippen LogP contribution is 2.07. The molecule has 70 valence electrons. The zero-order valence-electron chi connectivity index (χ0n) is 7.20. The van der Waals surface area contributed by atoms with Crippen molar-refractivity contribution in [2.45, 2.75) is 13.8 Å². The van der Waals surface area contributed by atoms with Crippen molar-refractivity contribution in [1.82, 2.24) is 4.90 Å². The van der Waals surface area contributed by atoms with Crippen LogP contribution in [0.1, 0.15) is 13.8 Å². The number of hydrogen-bond acceptors (Lipinski definition) is 4. The van der Waals surface area contributed by atoms with E-state index in [1.165, 1.54) is 0 Å². The molecule has 0 atom stereocenters. The number of thioether (sulfide) groups is 1. The number of carboxylic acid groups (broad SMARTS) is 1. The topological polar surface area (TPSA) is 43.4 Å². The minimum absolute atomic E-state index is 0.0602. The van der Waals surface area contributed by atoms with Crippen LogP contribution in [0.2, 0.25) is 0 Å². The molecule has 0 N–H and O–H groups in total. The predicted molar refractivity (Wildman–Crippen MR) is 53.0 cm³/mol. The van der Waals surface area contributed by atoms with Gasteiger partial charge in [0.15, 0.2) is 0 Å². The second-order valence-corrected chi connectivity index (χ2v) is 3.71. The van der Waals surface area contributed by atoms with Crippen LogP contribution < -0.4 is 5.11 Å². The Morgan fingerprint density at radius 2 is 2.00 bits per heavy atom. The molecule has 12 heavy (non-hydrogen) atoms. The molecule has 0 saturated heterocycles. The van der Waals surface area contributed by atoms with E-state index in [0.29, 0.717) is 4.32 Å². The van der Waals surface area contributed by atoms with Crippen LogP contribution in [0.5, 0.6) is 0 Å². The Hall–Kier alpha value is -0.290. The van der Waals surface area contributed by atoms with Crippen molar-refractivity contribution in [3.63, 3.8) is 0 Å². The minimum Gasteiger partial charge on any atom is -0.549 e. The Kier molecular flexibility index (Phi) is 6.10. The van der Waals surface area contributed by atoms with E-state index in [9.17, 15) is 9.90 Å². The standard InChI is InChI=1S/C7H13NO2S2/c1-3-8(4-2)7(11)12-5-6(9)10/h3-5H2,1-2H3,(H,9,10)/p-1. The van der Waals surface area contributed by atoms with E-state index in [1.54, 1.807) is 0 Å². The van der Waals surface area contributed by atoms with Crippen molar-refractivity contribution in [2.75, 3.05) is 18.8 Å². The van der Waals surface area contributed by atoms with Gasteiger partial charge in [0.25, 0.3) is 0 Å². The second-order valence-electron chi connectivity index (χ2n) is 2.10. The largest absolute Gasteiger partial charge is 0.549 e. The highest BCUT2D eigenvalue weighted by Gasteiger charge is 2.04. The van der Waals surface area contributed by atoms with Gasteiger partial charge in [-0.15, -0.1) is 0 Å². The monoisotopic (exact) mass is 206 g/mol. The number of rotatable bonds is 4. The molecule has 5 heteroatoms. The van der Waals surface area contributed by atoms with Gasteiger partial charge in [-0.1, -0.05) is 24.0 Å². The van der Waals surface area contributed by atoms with Gasteiger partial charge >= 0.3 is 0 Å².